The van der Waals surface area contributed by atoms with E-state index in [0.29, 0.717) is 48.5 Å². The van der Waals surface area contributed by atoms with Gasteiger partial charge < -0.3 is 14.4 Å². The monoisotopic (exact) mass is 542 g/mol. The van der Waals surface area contributed by atoms with E-state index in [2.05, 4.69) is 13.2 Å². The predicted octanol–water partition coefficient (Wildman–Crippen LogP) is 3.64. The van der Waals surface area contributed by atoms with Crippen molar-refractivity contribution >= 4 is 42.6 Å². The smallest absolute Gasteiger partial charge is 0.260 e. The molecule has 1 aliphatic heterocycles. The molecule has 1 aromatic heterocycles. The summed E-state index contributed by atoms with van der Waals surface area (Å²) >= 11 is 1.39. The van der Waals surface area contributed by atoms with Gasteiger partial charge in [0.15, 0.2) is 16.6 Å². The Labute approximate surface area is 221 Å². The first-order valence-corrected chi connectivity index (χ1v) is 14.0. The maximum atomic E-state index is 13.6. The van der Waals surface area contributed by atoms with E-state index in [1.807, 2.05) is 31.1 Å². The van der Waals surface area contributed by atoms with E-state index in [-0.39, 0.29) is 23.9 Å². The fraction of sp³-hybridized carbons (Fsp3) is 0.308. The molecule has 0 N–H and O–H groups in total. The summed E-state index contributed by atoms with van der Waals surface area (Å²) in [6, 6.07) is 9.69. The van der Waals surface area contributed by atoms with Gasteiger partial charge in [-0.3, -0.25) is 9.69 Å². The van der Waals surface area contributed by atoms with E-state index in [0.717, 1.165) is 10.2 Å². The van der Waals surface area contributed by atoms with Crippen LogP contribution in [0.15, 0.2) is 66.6 Å². The molecule has 9 nitrogen and oxygen atoms in total. The van der Waals surface area contributed by atoms with Crippen molar-refractivity contribution in [2.45, 2.75) is 4.90 Å². The molecule has 0 bridgehead atoms. The Morgan fingerprint density at radius 1 is 1.03 bits per heavy atom. The van der Waals surface area contributed by atoms with Gasteiger partial charge in [0, 0.05) is 43.9 Å². The average molecular weight is 543 g/mol. The van der Waals surface area contributed by atoms with Crippen LogP contribution in [0.25, 0.3) is 10.2 Å². The topological polar surface area (TPSA) is 92.3 Å². The van der Waals surface area contributed by atoms with Crippen LogP contribution in [0.1, 0.15) is 10.4 Å². The standard InChI is InChI=1S/C26H30N4O5S2/c1-5-11-29(12-6-2)37(32,33)20-9-7-19(8-10-20)25(31)30(14-13-28(3)4)26-27-21-17-22-23(18-24(21)36-26)35-16-15-34-22/h5-10,17-18H,1-2,11-16H2,3-4H3. The molecule has 37 heavy (non-hydrogen) atoms. The molecule has 0 aliphatic carbocycles. The van der Waals surface area contributed by atoms with E-state index < -0.39 is 10.0 Å². The fourth-order valence-corrected chi connectivity index (χ4v) is 6.17. The van der Waals surface area contributed by atoms with E-state index >= 15 is 0 Å². The van der Waals surface area contributed by atoms with Crippen molar-refractivity contribution in [1.29, 1.82) is 0 Å². The Kier molecular flexibility index (Phi) is 8.28. The molecule has 196 valence electrons. The number of rotatable bonds is 11. The van der Waals surface area contributed by atoms with E-state index in [9.17, 15) is 13.2 Å². The lowest BCUT2D eigenvalue weighted by molar-refractivity contribution is 0.0985. The lowest BCUT2D eigenvalue weighted by Gasteiger charge is -2.22. The molecule has 2 heterocycles. The minimum atomic E-state index is -3.76. The van der Waals surface area contributed by atoms with Gasteiger partial charge in [0.1, 0.15) is 13.2 Å². The zero-order valence-electron chi connectivity index (χ0n) is 20.9. The second kappa shape index (κ2) is 11.4. The highest BCUT2D eigenvalue weighted by Crippen LogP contribution is 2.39. The van der Waals surface area contributed by atoms with Crippen molar-refractivity contribution in [3.05, 3.63) is 67.3 Å². The van der Waals surface area contributed by atoms with Crippen LogP contribution < -0.4 is 14.4 Å². The molecule has 0 saturated heterocycles. The molecule has 0 spiro atoms. The molecule has 1 amide bonds. The molecule has 2 aromatic carbocycles. The number of aromatic nitrogens is 1. The van der Waals surface area contributed by atoms with Crippen molar-refractivity contribution in [3.63, 3.8) is 0 Å². The number of hydrogen-bond acceptors (Lipinski definition) is 8. The molecule has 4 rings (SSSR count). The number of sulfonamides is 1. The van der Waals surface area contributed by atoms with Gasteiger partial charge in [-0.05, 0) is 38.4 Å². The number of nitrogens with zero attached hydrogens (tertiary/aromatic N) is 4. The minimum absolute atomic E-state index is 0.0955. The van der Waals surface area contributed by atoms with Crippen LogP contribution in [0.2, 0.25) is 0 Å². The Bertz CT molecular complexity index is 1350. The maximum Gasteiger partial charge on any atom is 0.260 e. The number of ether oxygens (including phenoxy) is 2. The first kappa shape index (κ1) is 26.8. The molecule has 0 saturated carbocycles. The lowest BCUT2D eigenvalue weighted by Crippen LogP contribution is -2.36. The highest BCUT2D eigenvalue weighted by molar-refractivity contribution is 7.89. The van der Waals surface area contributed by atoms with Gasteiger partial charge in [0.25, 0.3) is 5.91 Å². The highest BCUT2D eigenvalue weighted by Gasteiger charge is 2.26. The highest BCUT2D eigenvalue weighted by atomic mass is 32.2. The van der Waals surface area contributed by atoms with Gasteiger partial charge in [-0.15, -0.1) is 13.2 Å². The third-order valence-electron chi connectivity index (χ3n) is 5.69. The molecule has 0 radical (unpaired) electrons. The SMILES string of the molecule is C=CCN(CC=C)S(=O)(=O)c1ccc(C(=O)N(CCN(C)C)c2nc3cc4c(cc3s2)OCCO4)cc1. The summed E-state index contributed by atoms with van der Waals surface area (Å²) in [5.41, 5.74) is 1.08. The summed E-state index contributed by atoms with van der Waals surface area (Å²) in [7, 11) is 0.102. The minimum Gasteiger partial charge on any atom is -0.486 e. The summed E-state index contributed by atoms with van der Waals surface area (Å²) in [4.78, 5) is 22.0. The zero-order valence-corrected chi connectivity index (χ0v) is 22.6. The van der Waals surface area contributed by atoms with E-state index in [1.54, 1.807) is 4.90 Å². The van der Waals surface area contributed by atoms with Crippen LogP contribution in [0.4, 0.5) is 5.13 Å². The normalized spacial score (nSPS) is 13.2. The number of hydrogen-bond donors (Lipinski definition) is 0. The van der Waals surface area contributed by atoms with Crippen LogP contribution in [-0.2, 0) is 10.0 Å². The molecule has 0 atom stereocenters. The summed E-state index contributed by atoms with van der Waals surface area (Å²) < 4.78 is 39.6. The summed E-state index contributed by atoms with van der Waals surface area (Å²) in [6.07, 6.45) is 3.04. The molecule has 11 heteroatoms. The Morgan fingerprint density at radius 2 is 1.65 bits per heavy atom. The number of likely N-dealkylation sites (N-methyl/N-ethyl adjacent to an activating group) is 1. The quantitative estimate of drug-likeness (QED) is 0.342. The summed E-state index contributed by atoms with van der Waals surface area (Å²) in [5, 5.41) is 0.545. The molecule has 0 unspecified atom stereocenters. The largest absolute Gasteiger partial charge is 0.486 e. The van der Waals surface area contributed by atoms with E-state index in [1.165, 1.54) is 52.1 Å². The van der Waals surface area contributed by atoms with Crippen LogP contribution >= 0.6 is 11.3 Å². The van der Waals surface area contributed by atoms with Gasteiger partial charge in [0.2, 0.25) is 10.0 Å². The zero-order chi connectivity index (χ0) is 26.6. The second-order valence-electron chi connectivity index (χ2n) is 8.64. The second-order valence-corrected chi connectivity index (χ2v) is 11.6. The summed E-state index contributed by atoms with van der Waals surface area (Å²) in [5.74, 6) is 1.04. The Morgan fingerprint density at radius 3 is 2.24 bits per heavy atom. The molecule has 0 fully saturated rings. The summed E-state index contributed by atoms with van der Waals surface area (Å²) in [6.45, 7) is 9.57. The Hall–Kier alpha value is -3.25. The van der Waals surface area contributed by atoms with Crippen molar-refractivity contribution < 1.29 is 22.7 Å². The van der Waals surface area contributed by atoms with Crippen LogP contribution in [0, 0.1) is 0 Å². The average Bonchev–Trinajstić information content (AvgIpc) is 3.29. The van der Waals surface area contributed by atoms with Gasteiger partial charge >= 0.3 is 0 Å². The number of anilines is 1. The van der Waals surface area contributed by atoms with Gasteiger partial charge in [-0.2, -0.15) is 4.31 Å². The maximum absolute atomic E-state index is 13.6. The molecular weight excluding hydrogens is 512 g/mol. The number of thiazole rings is 1. The lowest BCUT2D eigenvalue weighted by atomic mass is 10.2. The number of fused-ring (bicyclic) bond motifs is 2. The fourth-order valence-electron chi connectivity index (χ4n) is 3.79. The van der Waals surface area contributed by atoms with E-state index in [4.69, 9.17) is 14.5 Å². The first-order valence-electron chi connectivity index (χ1n) is 11.7. The first-order chi connectivity index (χ1) is 17.7. The van der Waals surface area contributed by atoms with Crippen LogP contribution in [-0.4, -0.2) is 82.0 Å². The van der Waals surface area contributed by atoms with Crippen molar-refractivity contribution in [2.75, 3.05) is 58.4 Å². The molecular formula is C26H30N4O5S2. The Balaban J connectivity index is 1.64. The van der Waals surface area contributed by atoms with Gasteiger partial charge in [0.05, 0.1) is 15.1 Å². The number of amides is 1. The molecule has 3 aromatic rings. The molecule has 1 aliphatic rings. The van der Waals surface area contributed by atoms with Gasteiger partial charge in [-0.1, -0.05) is 23.5 Å². The number of benzene rings is 2. The third kappa shape index (κ3) is 5.85. The predicted molar refractivity (Wildman–Crippen MR) is 146 cm³/mol. The van der Waals surface area contributed by atoms with Gasteiger partial charge in [-0.25, -0.2) is 13.4 Å². The van der Waals surface area contributed by atoms with Crippen LogP contribution in [0.5, 0.6) is 11.5 Å². The van der Waals surface area contributed by atoms with Crippen molar-refractivity contribution in [2.24, 2.45) is 0 Å². The van der Waals surface area contributed by atoms with Crippen molar-refractivity contribution in [3.8, 4) is 11.5 Å². The van der Waals surface area contributed by atoms with Crippen LogP contribution in [0.3, 0.4) is 0 Å². The van der Waals surface area contributed by atoms with Crippen molar-refractivity contribution in [1.82, 2.24) is 14.2 Å². The number of carbonyl (C=O) groups is 1. The number of carbonyl (C=O) groups excluding carboxylic acids is 1. The third-order valence-corrected chi connectivity index (χ3v) is 8.58.